The summed E-state index contributed by atoms with van der Waals surface area (Å²) in [4.78, 5) is 12.2. The van der Waals surface area contributed by atoms with Crippen LogP contribution in [0.15, 0.2) is 6.07 Å². The first-order valence-corrected chi connectivity index (χ1v) is 8.07. The van der Waals surface area contributed by atoms with Crippen molar-refractivity contribution in [3.8, 4) is 11.5 Å². The Hall–Kier alpha value is -1.02. The minimum Gasteiger partial charge on any atom is -0.507 e. The van der Waals surface area contributed by atoms with Crippen LogP contribution in [0.1, 0.15) is 54.6 Å². The minimum atomic E-state index is -0.605. The molecular formula is C15H19IO5. The number of rotatable bonds is 5. The fourth-order valence-corrected chi connectivity index (χ4v) is 3.22. The van der Waals surface area contributed by atoms with Crippen LogP contribution < -0.4 is 0 Å². The highest BCUT2D eigenvalue weighted by Crippen LogP contribution is 2.44. The van der Waals surface area contributed by atoms with Gasteiger partial charge in [0.15, 0.2) is 0 Å². The Labute approximate surface area is 137 Å². The minimum absolute atomic E-state index is 0.0120. The van der Waals surface area contributed by atoms with Gasteiger partial charge in [-0.05, 0) is 41.5 Å². The summed E-state index contributed by atoms with van der Waals surface area (Å²) in [6, 6.07) is 1.43. The monoisotopic (exact) mass is 406 g/mol. The smallest absolute Gasteiger partial charge is 0.342 e. The molecule has 116 valence electrons. The number of esters is 1. The summed E-state index contributed by atoms with van der Waals surface area (Å²) in [6.07, 6.45) is 2.70. The molecule has 0 saturated heterocycles. The van der Waals surface area contributed by atoms with Crippen molar-refractivity contribution >= 4 is 28.6 Å². The lowest BCUT2D eigenvalue weighted by atomic mass is 9.91. The molecule has 2 rings (SSSR count). The second-order valence-electron chi connectivity index (χ2n) is 5.11. The van der Waals surface area contributed by atoms with E-state index in [9.17, 15) is 15.0 Å². The zero-order valence-electron chi connectivity index (χ0n) is 12.1. The van der Waals surface area contributed by atoms with Crippen molar-refractivity contribution in [3.63, 3.8) is 0 Å². The number of aromatic hydroxyl groups is 2. The van der Waals surface area contributed by atoms with E-state index in [0.717, 1.165) is 19.3 Å². The number of benzene rings is 1. The Bertz CT molecular complexity index is 543. The van der Waals surface area contributed by atoms with Crippen molar-refractivity contribution in [1.29, 1.82) is 0 Å². The van der Waals surface area contributed by atoms with Crippen LogP contribution >= 0.6 is 22.6 Å². The van der Waals surface area contributed by atoms with E-state index in [4.69, 9.17) is 9.47 Å². The second kappa shape index (κ2) is 6.83. The average molecular weight is 406 g/mol. The molecule has 0 radical (unpaired) electrons. The summed E-state index contributed by atoms with van der Waals surface area (Å²) in [7, 11) is 1.51. The number of hydrogen-bond donors (Lipinski definition) is 2. The largest absolute Gasteiger partial charge is 0.507 e. The fraction of sp³-hybridized carbons (Fsp3) is 0.533. The van der Waals surface area contributed by atoms with Gasteiger partial charge in [-0.15, -0.1) is 0 Å². The van der Waals surface area contributed by atoms with Crippen LogP contribution in [0.3, 0.4) is 0 Å². The first-order chi connectivity index (χ1) is 10.0. The van der Waals surface area contributed by atoms with Crippen LogP contribution in [0.25, 0.3) is 0 Å². The molecule has 1 aromatic carbocycles. The van der Waals surface area contributed by atoms with Gasteiger partial charge < -0.3 is 19.7 Å². The molecule has 0 aliphatic carbocycles. The van der Waals surface area contributed by atoms with Gasteiger partial charge in [0.25, 0.3) is 0 Å². The number of halogens is 1. The van der Waals surface area contributed by atoms with Crippen molar-refractivity contribution in [1.82, 2.24) is 0 Å². The lowest BCUT2D eigenvalue weighted by molar-refractivity contribution is -0.0515. The van der Waals surface area contributed by atoms with Crippen molar-refractivity contribution < 1.29 is 24.5 Å². The number of phenolic OH excluding ortho intramolecular Hbond substituents is 2. The maximum Gasteiger partial charge on any atom is 0.342 e. The van der Waals surface area contributed by atoms with Gasteiger partial charge in [0.05, 0.1) is 3.57 Å². The van der Waals surface area contributed by atoms with Gasteiger partial charge >= 0.3 is 5.97 Å². The zero-order valence-corrected chi connectivity index (χ0v) is 14.2. The highest BCUT2D eigenvalue weighted by atomic mass is 127. The summed E-state index contributed by atoms with van der Waals surface area (Å²) in [5.41, 5.74) is 0.339. The normalized spacial score (nSPS) is 21.0. The summed E-state index contributed by atoms with van der Waals surface area (Å²) in [5, 5.41) is 20.2. The molecule has 1 aliphatic heterocycles. The van der Waals surface area contributed by atoms with E-state index in [1.54, 1.807) is 0 Å². The van der Waals surface area contributed by atoms with Crippen molar-refractivity contribution in [3.05, 3.63) is 20.8 Å². The molecule has 0 amide bonds. The Morgan fingerprint density at radius 1 is 1.38 bits per heavy atom. The first kappa shape index (κ1) is 16.4. The van der Waals surface area contributed by atoms with Gasteiger partial charge in [0.1, 0.15) is 29.3 Å². The molecule has 0 bridgehead atoms. The molecule has 5 nitrogen and oxygen atoms in total. The fourth-order valence-electron chi connectivity index (χ4n) is 2.66. The van der Waals surface area contributed by atoms with E-state index >= 15 is 0 Å². The summed E-state index contributed by atoms with van der Waals surface area (Å²) in [6.45, 7) is 2.10. The maximum absolute atomic E-state index is 12.2. The van der Waals surface area contributed by atoms with Gasteiger partial charge in [0, 0.05) is 12.7 Å². The number of carbonyl (C=O) groups is 1. The number of methoxy groups -OCH3 is 1. The zero-order chi connectivity index (χ0) is 15.6. The Morgan fingerprint density at radius 3 is 2.71 bits per heavy atom. The van der Waals surface area contributed by atoms with Crippen LogP contribution in [0.2, 0.25) is 0 Å². The SMILES string of the molecule is CCCCC[C@@H]1OC(=O)c2c(O)c(I)cc(O)c2[C@@H]1OC. The molecular weight excluding hydrogens is 387 g/mol. The molecule has 0 spiro atoms. The molecule has 6 heteroatoms. The molecule has 21 heavy (non-hydrogen) atoms. The van der Waals surface area contributed by atoms with Crippen LogP contribution in [0, 0.1) is 3.57 Å². The Kier molecular flexibility index (Phi) is 5.32. The highest BCUT2D eigenvalue weighted by molar-refractivity contribution is 14.1. The predicted molar refractivity (Wildman–Crippen MR) is 85.6 cm³/mol. The third-order valence-corrected chi connectivity index (χ3v) is 4.52. The summed E-state index contributed by atoms with van der Waals surface area (Å²) < 4.78 is 11.3. The van der Waals surface area contributed by atoms with Crippen molar-refractivity contribution in [2.75, 3.05) is 7.11 Å². The van der Waals surface area contributed by atoms with Gasteiger partial charge in [0.2, 0.25) is 0 Å². The standard InChI is InChI=1S/C15H19IO5/c1-3-4-5-6-10-14(20-2)11-9(17)7-8(16)13(18)12(11)15(19)21-10/h7,10,14,17-18H,3-6H2,1-2H3/t10-,14+/m0/s1. The van der Waals surface area contributed by atoms with E-state index in [-0.39, 0.29) is 17.1 Å². The van der Waals surface area contributed by atoms with Gasteiger partial charge in [-0.3, -0.25) is 0 Å². The maximum atomic E-state index is 12.2. The third kappa shape index (κ3) is 3.11. The quantitative estimate of drug-likeness (QED) is 0.339. The van der Waals surface area contributed by atoms with Gasteiger partial charge in [-0.25, -0.2) is 4.79 Å². The van der Waals surface area contributed by atoms with Gasteiger partial charge in [-0.1, -0.05) is 19.8 Å². The number of phenols is 2. The average Bonchev–Trinajstić information content (AvgIpc) is 2.44. The Balaban J connectivity index is 2.41. The summed E-state index contributed by atoms with van der Waals surface area (Å²) >= 11 is 1.86. The second-order valence-corrected chi connectivity index (χ2v) is 6.27. The molecule has 0 aromatic heterocycles. The van der Waals surface area contributed by atoms with E-state index in [1.165, 1.54) is 13.2 Å². The van der Waals surface area contributed by atoms with Crippen LogP contribution in [0.4, 0.5) is 0 Å². The number of ether oxygens (including phenoxy) is 2. The molecule has 2 N–H and O–H groups in total. The number of carbonyl (C=O) groups excluding carboxylic acids is 1. The molecule has 1 aliphatic rings. The van der Waals surface area contributed by atoms with E-state index in [1.807, 2.05) is 22.6 Å². The predicted octanol–water partition coefficient (Wildman–Crippen LogP) is 3.51. The van der Waals surface area contributed by atoms with Crippen molar-refractivity contribution in [2.45, 2.75) is 44.8 Å². The first-order valence-electron chi connectivity index (χ1n) is 6.99. The summed E-state index contributed by atoms with van der Waals surface area (Å²) in [5.74, 6) is -0.815. The molecule has 0 fully saturated rings. The molecule has 0 saturated carbocycles. The number of hydrogen-bond acceptors (Lipinski definition) is 5. The lowest BCUT2D eigenvalue weighted by Gasteiger charge is -2.33. The lowest BCUT2D eigenvalue weighted by Crippen LogP contribution is -2.33. The van der Waals surface area contributed by atoms with Crippen LogP contribution in [-0.4, -0.2) is 29.4 Å². The van der Waals surface area contributed by atoms with E-state index in [0.29, 0.717) is 15.6 Å². The molecule has 1 heterocycles. The molecule has 0 unspecified atom stereocenters. The molecule has 1 aromatic rings. The van der Waals surface area contributed by atoms with Crippen LogP contribution in [-0.2, 0) is 9.47 Å². The van der Waals surface area contributed by atoms with Crippen LogP contribution in [0.5, 0.6) is 11.5 Å². The van der Waals surface area contributed by atoms with E-state index < -0.39 is 18.2 Å². The van der Waals surface area contributed by atoms with Crippen molar-refractivity contribution in [2.24, 2.45) is 0 Å². The topological polar surface area (TPSA) is 76.0 Å². The Morgan fingerprint density at radius 2 is 2.10 bits per heavy atom. The van der Waals surface area contributed by atoms with E-state index in [2.05, 4.69) is 6.92 Å². The number of unbranched alkanes of at least 4 members (excludes halogenated alkanes) is 2. The number of cyclic esters (lactones) is 1. The third-order valence-electron chi connectivity index (χ3n) is 3.70. The molecule has 2 atom stereocenters. The number of fused-ring (bicyclic) bond motifs is 1. The highest BCUT2D eigenvalue weighted by Gasteiger charge is 2.40. The van der Waals surface area contributed by atoms with Gasteiger partial charge in [-0.2, -0.15) is 0 Å².